The highest BCUT2D eigenvalue weighted by Crippen LogP contribution is 2.22. The summed E-state index contributed by atoms with van der Waals surface area (Å²) in [7, 11) is 0. The lowest BCUT2D eigenvalue weighted by Crippen LogP contribution is -2.23. The molecule has 0 bridgehead atoms. The third kappa shape index (κ3) is 4.42. The summed E-state index contributed by atoms with van der Waals surface area (Å²) >= 11 is 1.04. The second-order valence-corrected chi connectivity index (χ2v) is 7.42. The van der Waals surface area contributed by atoms with Gasteiger partial charge in [0.1, 0.15) is 16.8 Å². The molecule has 168 valence electrons. The van der Waals surface area contributed by atoms with Crippen LogP contribution in [0.1, 0.15) is 5.76 Å². The summed E-state index contributed by atoms with van der Waals surface area (Å²) in [5.41, 5.74) is 2.36. The zero-order valence-electron chi connectivity index (χ0n) is 17.4. The van der Waals surface area contributed by atoms with Gasteiger partial charge in [0.05, 0.1) is 23.7 Å². The summed E-state index contributed by atoms with van der Waals surface area (Å²) in [6.45, 7) is -0.537. The molecule has 0 saturated heterocycles. The maximum Gasteiger partial charge on any atom is 0.357 e. The van der Waals surface area contributed by atoms with E-state index in [1.165, 1.54) is 17.0 Å². The van der Waals surface area contributed by atoms with Crippen LogP contribution in [0.3, 0.4) is 0 Å². The molecule has 11 nitrogen and oxygen atoms in total. The van der Waals surface area contributed by atoms with Gasteiger partial charge >= 0.3 is 5.97 Å². The average molecular weight is 473 g/mol. The summed E-state index contributed by atoms with van der Waals surface area (Å²) in [6, 6.07) is 17.7. The first kappa shape index (κ1) is 21.2. The van der Waals surface area contributed by atoms with Gasteiger partial charge in [0.15, 0.2) is 18.1 Å². The number of benzene rings is 2. The lowest BCUT2D eigenvalue weighted by molar-refractivity contribution is -0.141. The van der Waals surface area contributed by atoms with Crippen molar-refractivity contribution >= 4 is 52.1 Å². The predicted octanol–water partition coefficient (Wildman–Crippen LogP) is 3.12. The minimum atomic E-state index is -0.815. The Balaban J connectivity index is 1.37. The number of amides is 1. The van der Waals surface area contributed by atoms with Gasteiger partial charge in [0.25, 0.3) is 5.91 Å². The summed E-state index contributed by atoms with van der Waals surface area (Å²) in [4.78, 5) is 25.5. The zero-order valence-corrected chi connectivity index (χ0v) is 18.2. The molecule has 5 aromatic rings. The van der Waals surface area contributed by atoms with Gasteiger partial charge in [-0.1, -0.05) is 36.4 Å². The van der Waals surface area contributed by atoms with Crippen molar-refractivity contribution in [2.45, 2.75) is 0 Å². The average Bonchev–Trinajstić information content (AvgIpc) is 3.63. The first-order chi connectivity index (χ1) is 16.7. The molecule has 0 aliphatic carbocycles. The SMILES string of the molecule is O=C(COC(=O)C(=Cc1ccco1)n1nnnc1-c1ccccc1)Nc1cccc2nsnc12. The van der Waals surface area contributed by atoms with Crippen LogP contribution < -0.4 is 5.32 Å². The minimum absolute atomic E-state index is 0.0302. The second kappa shape index (κ2) is 9.42. The van der Waals surface area contributed by atoms with E-state index in [0.29, 0.717) is 33.9 Å². The highest BCUT2D eigenvalue weighted by Gasteiger charge is 2.22. The van der Waals surface area contributed by atoms with Gasteiger partial charge < -0.3 is 14.5 Å². The molecule has 0 fully saturated rings. The molecule has 0 saturated carbocycles. The van der Waals surface area contributed by atoms with Crippen LogP contribution in [0.25, 0.3) is 34.2 Å². The van der Waals surface area contributed by atoms with Crippen LogP contribution in [0.4, 0.5) is 5.69 Å². The van der Waals surface area contributed by atoms with Crippen molar-refractivity contribution in [2.24, 2.45) is 0 Å². The van der Waals surface area contributed by atoms with Gasteiger partial charge in [0, 0.05) is 11.6 Å². The smallest absolute Gasteiger partial charge is 0.357 e. The number of carbonyl (C=O) groups is 2. The highest BCUT2D eigenvalue weighted by atomic mass is 32.1. The fourth-order valence-electron chi connectivity index (χ4n) is 3.13. The Morgan fingerprint density at radius 2 is 1.94 bits per heavy atom. The Hall–Kier alpha value is -4.71. The number of hydrogen-bond acceptors (Lipinski definition) is 10. The quantitative estimate of drug-likeness (QED) is 0.279. The van der Waals surface area contributed by atoms with Crippen molar-refractivity contribution in [3.63, 3.8) is 0 Å². The molecule has 3 aromatic heterocycles. The predicted molar refractivity (Wildman–Crippen MR) is 123 cm³/mol. The highest BCUT2D eigenvalue weighted by molar-refractivity contribution is 7.00. The molecule has 1 N–H and O–H groups in total. The number of nitrogens with zero attached hydrogens (tertiary/aromatic N) is 6. The van der Waals surface area contributed by atoms with Crippen LogP contribution in [0.15, 0.2) is 71.3 Å². The fraction of sp³-hybridized carbons (Fsp3) is 0.0455. The first-order valence-electron chi connectivity index (χ1n) is 9.97. The topological polar surface area (TPSA) is 138 Å². The molecule has 1 amide bonds. The number of nitrogens with one attached hydrogen (secondary N) is 1. The van der Waals surface area contributed by atoms with Crippen LogP contribution in [0.2, 0.25) is 0 Å². The van der Waals surface area contributed by atoms with E-state index in [1.807, 2.05) is 18.2 Å². The maximum absolute atomic E-state index is 13.0. The third-order valence-corrected chi connectivity index (χ3v) is 5.20. The third-order valence-electron chi connectivity index (χ3n) is 4.66. The van der Waals surface area contributed by atoms with E-state index in [9.17, 15) is 9.59 Å². The first-order valence-corrected chi connectivity index (χ1v) is 10.7. The second-order valence-electron chi connectivity index (χ2n) is 6.89. The van der Waals surface area contributed by atoms with E-state index in [4.69, 9.17) is 9.15 Å². The number of rotatable bonds is 7. The van der Waals surface area contributed by atoms with Crippen LogP contribution in [0.5, 0.6) is 0 Å². The normalized spacial score (nSPS) is 11.5. The van der Waals surface area contributed by atoms with E-state index < -0.39 is 18.5 Å². The molecule has 12 heteroatoms. The molecular formula is C22H15N7O4S. The largest absolute Gasteiger partial charge is 0.465 e. The monoisotopic (exact) mass is 473 g/mol. The number of ether oxygens (including phenoxy) is 1. The van der Waals surface area contributed by atoms with Gasteiger partial charge in [-0.25, -0.2) is 4.79 Å². The summed E-state index contributed by atoms with van der Waals surface area (Å²) in [6.07, 6.45) is 2.90. The van der Waals surface area contributed by atoms with Gasteiger partial charge in [-0.05, 0) is 34.7 Å². The Labute approximate surface area is 196 Å². The number of esters is 1. The molecule has 0 aliphatic heterocycles. The van der Waals surface area contributed by atoms with Gasteiger partial charge in [-0.2, -0.15) is 13.4 Å². The van der Waals surface area contributed by atoms with Crippen molar-refractivity contribution in [3.05, 3.63) is 72.7 Å². The van der Waals surface area contributed by atoms with Crippen molar-refractivity contribution in [1.29, 1.82) is 0 Å². The lowest BCUT2D eigenvalue weighted by atomic mass is 10.2. The minimum Gasteiger partial charge on any atom is -0.465 e. The molecule has 5 rings (SSSR count). The molecule has 3 heterocycles. The molecular weight excluding hydrogens is 458 g/mol. The van der Waals surface area contributed by atoms with Crippen LogP contribution in [-0.2, 0) is 14.3 Å². The van der Waals surface area contributed by atoms with E-state index >= 15 is 0 Å². The molecule has 0 atom stereocenters. The number of anilines is 1. The van der Waals surface area contributed by atoms with E-state index in [1.54, 1.807) is 42.5 Å². The van der Waals surface area contributed by atoms with E-state index in [0.717, 1.165) is 11.7 Å². The van der Waals surface area contributed by atoms with Crippen LogP contribution in [-0.4, -0.2) is 47.4 Å². The number of tetrazole rings is 1. The lowest BCUT2D eigenvalue weighted by Gasteiger charge is -2.10. The number of aromatic nitrogens is 6. The van der Waals surface area contributed by atoms with Crippen molar-refractivity contribution < 1.29 is 18.7 Å². The number of hydrogen-bond donors (Lipinski definition) is 1. The fourth-order valence-corrected chi connectivity index (χ4v) is 3.68. The molecule has 0 radical (unpaired) electrons. The summed E-state index contributed by atoms with van der Waals surface area (Å²) < 4.78 is 20.2. The van der Waals surface area contributed by atoms with Crippen molar-refractivity contribution in [3.8, 4) is 11.4 Å². The summed E-state index contributed by atoms with van der Waals surface area (Å²) in [5.74, 6) is -0.646. The standard InChI is InChI=1S/C22H15N7O4S/c30-19(23-16-9-4-10-17-20(16)26-34-25-17)13-33-22(31)18(12-15-8-5-11-32-15)29-21(24-27-28-29)14-6-2-1-3-7-14/h1-12H,13H2,(H,23,30). The van der Waals surface area contributed by atoms with Crippen molar-refractivity contribution in [2.75, 3.05) is 11.9 Å². The molecule has 0 unspecified atom stereocenters. The molecule has 2 aromatic carbocycles. The molecule has 0 aliphatic rings. The number of carbonyl (C=O) groups excluding carboxylic acids is 2. The maximum atomic E-state index is 13.0. The summed E-state index contributed by atoms with van der Waals surface area (Å²) in [5, 5.41) is 14.4. The zero-order chi connectivity index (χ0) is 23.3. The van der Waals surface area contributed by atoms with Gasteiger partial charge in [0.2, 0.25) is 0 Å². The number of furan rings is 1. The Morgan fingerprint density at radius 3 is 2.76 bits per heavy atom. The Kier molecular flexibility index (Phi) is 5.86. The Morgan fingerprint density at radius 1 is 1.06 bits per heavy atom. The van der Waals surface area contributed by atoms with E-state index in [2.05, 4.69) is 29.6 Å². The number of fused-ring (bicyclic) bond motifs is 1. The van der Waals surface area contributed by atoms with Crippen LogP contribution >= 0.6 is 11.7 Å². The Bertz CT molecular complexity index is 1480. The molecule has 0 spiro atoms. The molecule has 34 heavy (non-hydrogen) atoms. The van der Waals surface area contributed by atoms with Gasteiger partial charge in [-0.3, -0.25) is 4.79 Å². The van der Waals surface area contributed by atoms with E-state index in [-0.39, 0.29) is 5.70 Å². The van der Waals surface area contributed by atoms with Gasteiger partial charge in [-0.15, -0.1) is 5.10 Å². The van der Waals surface area contributed by atoms with Crippen molar-refractivity contribution in [1.82, 2.24) is 29.0 Å². The van der Waals surface area contributed by atoms with Crippen LogP contribution in [0, 0.1) is 0 Å².